The Morgan fingerprint density at radius 1 is 0.862 bits per heavy atom. The Kier molecular flexibility index (Phi) is 5.29. The number of hydrogen-bond donors (Lipinski definition) is 2. The summed E-state index contributed by atoms with van der Waals surface area (Å²) < 4.78 is 16.3. The van der Waals surface area contributed by atoms with Gasteiger partial charge in [-0.2, -0.15) is 0 Å². The van der Waals surface area contributed by atoms with Gasteiger partial charge >= 0.3 is 11.8 Å². The second-order valence-corrected chi connectivity index (χ2v) is 6.24. The van der Waals surface area contributed by atoms with Gasteiger partial charge in [-0.3, -0.25) is 9.59 Å². The molecule has 0 bridgehead atoms. The van der Waals surface area contributed by atoms with Crippen LogP contribution in [0.4, 0.5) is 5.69 Å². The van der Waals surface area contributed by atoms with Crippen LogP contribution in [0.2, 0.25) is 0 Å². The van der Waals surface area contributed by atoms with E-state index >= 15 is 0 Å². The van der Waals surface area contributed by atoms with Crippen LogP contribution in [-0.2, 0) is 16.1 Å². The molecule has 7 nitrogen and oxygen atoms in total. The van der Waals surface area contributed by atoms with Crippen LogP contribution in [-0.4, -0.2) is 18.6 Å². The zero-order valence-electron chi connectivity index (χ0n) is 15.4. The number of anilines is 1. The van der Waals surface area contributed by atoms with Crippen LogP contribution in [0.5, 0.6) is 23.0 Å². The Morgan fingerprint density at radius 3 is 2.48 bits per heavy atom. The normalized spacial score (nSPS) is 11.6. The number of hydrogen-bond acceptors (Lipinski definition) is 5. The first-order valence-electron chi connectivity index (χ1n) is 8.99. The van der Waals surface area contributed by atoms with Crippen LogP contribution < -0.4 is 24.8 Å². The molecule has 3 aromatic rings. The number of carbonyl (C=O) groups excluding carboxylic acids is 2. The molecule has 0 fully saturated rings. The summed E-state index contributed by atoms with van der Waals surface area (Å²) >= 11 is 0. The maximum absolute atomic E-state index is 12.3. The third-order valence-electron chi connectivity index (χ3n) is 4.20. The molecule has 0 radical (unpaired) electrons. The lowest BCUT2D eigenvalue weighted by atomic mass is 10.2. The highest BCUT2D eigenvalue weighted by molar-refractivity contribution is 6.39. The summed E-state index contributed by atoms with van der Waals surface area (Å²) in [5.74, 6) is 0.810. The summed E-state index contributed by atoms with van der Waals surface area (Å²) in [4.78, 5) is 24.5. The molecule has 2 amide bonds. The SMILES string of the molecule is O=C(NCc1ccc2c(c1)OCO2)C(=O)Nc1ccccc1Oc1ccccc1. The van der Waals surface area contributed by atoms with Crippen molar-refractivity contribution in [3.63, 3.8) is 0 Å². The fourth-order valence-corrected chi connectivity index (χ4v) is 2.77. The molecule has 0 atom stereocenters. The molecule has 1 heterocycles. The summed E-state index contributed by atoms with van der Waals surface area (Å²) in [5, 5.41) is 5.18. The molecule has 0 saturated heterocycles. The van der Waals surface area contributed by atoms with Gasteiger partial charge in [0.1, 0.15) is 5.75 Å². The third kappa shape index (κ3) is 4.47. The molecule has 4 rings (SSSR count). The molecule has 0 spiro atoms. The maximum atomic E-state index is 12.3. The lowest BCUT2D eigenvalue weighted by molar-refractivity contribution is -0.136. The summed E-state index contributed by atoms with van der Waals surface area (Å²) in [5.41, 5.74) is 1.20. The van der Waals surface area contributed by atoms with Gasteiger partial charge in [-0.15, -0.1) is 0 Å². The molecule has 3 aromatic carbocycles. The summed E-state index contributed by atoms with van der Waals surface area (Å²) in [6, 6.07) is 21.4. The average molecular weight is 390 g/mol. The number of carbonyl (C=O) groups is 2. The molecule has 7 heteroatoms. The molecule has 0 aliphatic carbocycles. The minimum atomic E-state index is -0.783. The number of rotatable bonds is 5. The van der Waals surface area contributed by atoms with Crippen LogP contribution in [0.25, 0.3) is 0 Å². The van der Waals surface area contributed by atoms with Crippen LogP contribution in [0.15, 0.2) is 72.8 Å². The topological polar surface area (TPSA) is 85.9 Å². The van der Waals surface area contributed by atoms with Crippen LogP contribution in [0, 0.1) is 0 Å². The van der Waals surface area contributed by atoms with Gasteiger partial charge in [-0.1, -0.05) is 36.4 Å². The minimum absolute atomic E-state index is 0.179. The van der Waals surface area contributed by atoms with E-state index in [4.69, 9.17) is 14.2 Å². The Hall–Kier alpha value is -4.00. The number of amides is 2. The highest BCUT2D eigenvalue weighted by atomic mass is 16.7. The minimum Gasteiger partial charge on any atom is -0.455 e. The van der Waals surface area contributed by atoms with Crippen molar-refractivity contribution in [3.05, 3.63) is 78.4 Å². The van der Waals surface area contributed by atoms with E-state index in [-0.39, 0.29) is 13.3 Å². The zero-order chi connectivity index (χ0) is 20.1. The summed E-state index contributed by atoms with van der Waals surface area (Å²) in [7, 11) is 0. The van der Waals surface area contributed by atoms with E-state index < -0.39 is 11.8 Å². The van der Waals surface area contributed by atoms with Gasteiger partial charge in [0.25, 0.3) is 0 Å². The van der Waals surface area contributed by atoms with E-state index in [9.17, 15) is 9.59 Å². The smallest absolute Gasteiger partial charge is 0.313 e. The number of nitrogens with one attached hydrogen (secondary N) is 2. The highest BCUT2D eigenvalue weighted by Crippen LogP contribution is 2.32. The molecule has 2 N–H and O–H groups in total. The number of para-hydroxylation sites is 3. The van der Waals surface area contributed by atoms with E-state index in [0.29, 0.717) is 28.7 Å². The van der Waals surface area contributed by atoms with Crippen molar-refractivity contribution in [3.8, 4) is 23.0 Å². The van der Waals surface area contributed by atoms with Gasteiger partial charge in [-0.25, -0.2) is 0 Å². The summed E-state index contributed by atoms with van der Waals surface area (Å²) in [6.45, 7) is 0.364. The summed E-state index contributed by atoms with van der Waals surface area (Å²) in [6.07, 6.45) is 0. The quantitative estimate of drug-likeness (QED) is 0.652. The molecule has 29 heavy (non-hydrogen) atoms. The van der Waals surface area contributed by atoms with Gasteiger partial charge in [0.05, 0.1) is 5.69 Å². The van der Waals surface area contributed by atoms with Crippen molar-refractivity contribution in [1.82, 2.24) is 5.32 Å². The first kappa shape index (κ1) is 18.4. The first-order chi connectivity index (χ1) is 14.2. The van der Waals surface area contributed by atoms with Crippen molar-refractivity contribution in [2.45, 2.75) is 6.54 Å². The zero-order valence-corrected chi connectivity index (χ0v) is 15.4. The Balaban J connectivity index is 1.37. The van der Waals surface area contributed by atoms with Crippen LogP contribution in [0.3, 0.4) is 0 Å². The maximum Gasteiger partial charge on any atom is 0.313 e. The molecule has 0 saturated carbocycles. The molecule has 0 aromatic heterocycles. The van der Waals surface area contributed by atoms with Gasteiger partial charge < -0.3 is 24.8 Å². The number of ether oxygens (including phenoxy) is 3. The van der Waals surface area contributed by atoms with Crippen molar-refractivity contribution >= 4 is 17.5 Å². The van der Waals surface area contributed by atoms with Crippen LogP contribution >= 0.6 is 0 Å². The van der Waals surface area contributed by atoms with E-state index in [1.807, 2.05) is 18.2 Å². The Labute approximate surface area is 167 Å². The van der Waals surface area contributed by atoms with Crippen molar-refractivity contribution < 1.29 is 23.8 Å². The largest absolute Gasteiger partial charge is 0.455 e. The lowest BCUT2D eigenvalue weighted by Gasteiger charge is -2.12. The predicted octanol–water partition coefficient (Wildman–Crippen LogP) is 3.46. The monoisotopic (exact) mass is 390 g/mol. The predicted molar refractivity (Wildman–Crippen MR) is 106 cm³/mol. The van der Waals surface area contributed by atoms with E-state index in [1.165, 1.54) is 0 Å². The third-order valence-corrected chi connectivity index (χ3v) is 4.20. The number of benzene rings is 3. The first-order valence-corrected chi connectivity index (χ1v) is 8.99. The molecular weight excluding hydrogens is 372 g/mol. The second kappa shape index (κ2) is 8.35. The van der Waals surface area contributed by atoms with E-state index in [2.05, 4.69) is 10.6 Å². The fraction of sp³-hybridized carbons (Fsp3) is 0.0909. The number of fused-ring (bicyclic) bond motifs is 1. The van der Waals surface area contributed by atoms with Crippen molar-refractivity contribution in [2.75, 3.05) is 12.1 Å². The van der Waals surface area contributed by atoms with Gasteiger partial charge in [0.2, 0.25) is 6.79 Å². The van der Waals surface area contributed by atoms with Crippen molar-refractivity contribution in [1.29, 1.82) is 0 Å². The standard InChI is InChI=1S/C22H18N2O5/c25-21(23-13-15-10-11-19-20(12-15)28-14-27-19)22(26)24-17-8-4-5-9-18(17)29-16-6-2-1-3-7-16/h1-12H,13-14H2,(H,23,25)(H,24,26). The lowest BCUT2D eigenvalue weighted by Crippen LogP contribution is -2.35. The second-order valence-electron chi connectivity index (χ2n) is 6.24. The average Bonchev–Trinajstić information content (AvgIpc) is 3.22. The molecule has 1 aliphatic rings. The van der Waals surface area contributed by atoms with Crippen LogP contribution in [0.1, 0.15) is 5.56 Å². The highest BCUT2D eigenvalue weighted by Gasteiger charge is 2.17. The molecule has 0 unspecified atom stereocenters. The van der Waals surface area contributed by atoms with Gasteiger partial charge in [0, 0.05) is 6.54 Å². The van der Waals surface area contributed by atoms with E-state index in [1.54, 1.807) is 54.6 Å². The fourth-order valence-electron chi connectivity index (χ4n) is 2.77. The van der Waals surface area contributed by atoms with Gasteiger partial charge in [0.15, 0.2) is 17.2 Å². The molecular formula is C22H18N2O5. The Morgan fingerprint density at radius 2 is 1.62 bits per heavy atom. The molecule has 1 aliphatic heterocycles. The molecule has 146 valence electrons. The Bertz CT molecular complexity index is 1040. The van der Waals surface area contributed by atoms with E-state index in [0.717, 1.165) is 5.56 Å². The van der Waals surface area contributed by atoms with Crippen molar-refractivity contribution in [2.24, 2.45) is 0 Å². The van der Waals surface area contributed by atoms with Gasteiger partial charge in [-0.05, 0) is 42.0 Å².